The van der Waals surface area contributed by atoms with Crippen LogP contribution in [0, 0.1) is 16.7 Å². The van der Waals surface area contributed by atoms with E-state index >= 15 is 0 Å². The van der Waals surface area contributed by atoms with Crippen LogP contribution in [-0.2, 0) is 4.79 Å². The van der Waals surface area contributed by atoms with E-state index in [1.54, 1.807) is 20.8 Å². The van der Waals surface area contributed by atoms with Crippen molar-refractivity contribution in [3.63, 3.8) is 0 Å². The third-order valence-corrected chi connectivity index (χ3v) is 2.25. The van der Waals surface area contributed by atoms with Gasteiger partial charge < -0.3 is 11.1 Å². The van der Waals surface area contributed by atoms with Crippen molar-refractivity contribution < 1.29 is 4.79 Å². The van der Waals surface area contributed by atoms with E-state index in [-0.39, 0.29) is 5.91 Å². The summed E-state index contributed by atoms with van der Waals surface area (Å²) in [6, 6.07) is 2.11. The van der Waals surface area contributed by atoms with Crippen LogP contribution in [0.5, 0.6) is 0 Å². The molecule has 4 heteroatoms. The molecule has 0 aliphatic rings. The van der Waals surface area contributed by atoms with Crippen molar-refractivity contribution in [2.75, 3.05) is 6.54 Å². The summed E-state index contributed by atoms with van der Waals surface area (Å²) < 4.78 is 0. The summed E-state index contributed by atoms with van der Waals surface area (Å²) in [6.07, 6.45) is 0.575. The van der Waals surface area contributed by atoms with Gasteiger partial charge in [-0.1, -0.05) is 6.92 Å². The Kier molecular flexibility index (Phi) is 4.08. The number of hydrogen-bond acceptors (Lipinski definition) is 3. The van der Waals surface area contributed by atoms with Gasteiger partial charge in [-0.15, -0.1) is 0 Å². The fraction of sp³-hybridized carbons (Fsp3) is 0.800. The average Bonchev–Trinajstić information content (AvgIpc) is 2.14. The minimum atomic E-state index is -0.842. The summed E-state index contributed by atoms with van der Waals surface area (Å²) in [4.78, 5) is 11.5. The molecule has 4 nitrogen and oxygen atoms in total. The number of hydrogen-bond donors (Lipinski definition) is 2. The zero-order chi connectivity index (χ0) is 11.4. The molecule has 0 aliphatic carbocycles. The normalized spacial score (nSPS) is 15.4. The highest BCUT2D eigenvalue weighted by Gasteiger charge is 2.27. The molecule has 80 valence electrons. The van der Waals surface area contributed by atoms with Crippen molar-refractivity contribution in [1.29, 1.82) is 5.26 Å². The maximum Gasteiger partial charge on any atom is 0.239 e. The molecule has 0 bridgehead atoms. The zero-order valence-electron chi connectivity index (χ0n) is 9.35. The first kappa shape index (κ1) is 12.9. The molecule has 0 rings (SSSR count). The molecule has 1 amide bonds. The van der Waals surface area contributed by atoms with Gasteiger partial charge in [0.2, 0.25) is 5.91 Å². The van der Waals surface area contributed by atoms with Gasteiger partial charge in [0.25, 0.3) is 0 Å². The summed E-state index contributed by atoms with van der Waals surface area (Å²) in [5.74, 6) is -0.205. The lowest BCUT2D eigenvalue weighted by Gasteiger charge is -2.24. The number of rotatable bonds is 4. The van der Waals surface area contributed by atoms with Crippen LogP contribution in [0.25, 0.3) is 0 Å². The van der Waals surface area contributed by atoms with Crippen LogP contribution in [0.1, 0.15) is 34.1 Å². The van der Waals surface area contributed by atoms with Crippen molar-refractivity contribution in [1.82, 2.24) is 5.32 Å². The van der Waals surface area contributed by atoms with E-state index in [1.165, 1.54) is 0 Å². The van der Waals surface area contributed by atoms with Crippen molar-refractivity contribution in [2.24, 2.45) is 11.1 Å². The molecule has 0 heterocycles. The summed E-state index contributed by atoms with van der Waals surface area (Å²) in [6.45, 7) is 7.41. The first-order valence-electron chi connectivity index (χ1n) is 4.73. The number of nitriles is 1. The number of carbonyl (C=O) groups is 1. The highest BCUT2D eigenvalue weighted by Crippen LogP contribution is 2.12. The molecule has 0 saturated heterocycles. The molecule has 14 heavy (non-hydrogen) atoms. The Bertz CT molecular complexity index is 251. The summed E-state index contributed by atoms with van der Waals surface area (Å²) in [5.41, 5.74) is 4.35. The van der Waals surface area contributed by atoms with Gasteiger partial charge in [0.05, 0.1) is 17.0 Å². The molecule has 0 aromatic heterocycles. The van der Waals surface area contributed by atoms with Gasteiger partial charge in [-0.3, -0.25) is 4.79 Å². The second-order valence-corrected chi connectivity index (χ2v) is 4.45. The van der Waals surface area contributed by atoms with Gasteiger partial charge in [-0.25, -0.2) is 0 Å². The molecule has 0 aromatic rings. The highest BCUT2D eigenvalue weighted by atomic mass is 16.2. The number of nitrogens with two attached hydrogens (primary N) is 1. The van der Waals surface area contributed by atoms with Crippen molar-refractivity contribution in [3.05, 3.63) is 0 Å². The smallest absolute Gasteiger partial charge is 0.239 e. The van der Waals surface area contributed by atoms with Gasteiger partial charge in [-0.2, -0.15) is 5.26 Å². The first-order valence-corrected chi connectivity index (χ1v) is 4.73. The van der Waals surface area contributed by atoms with Crippen LogP contribution >= 0.6 is 0 Å². The van der Waals surface area contributed by atoms with Crippen molar-refractivity contribution in [3.8, 4) is 6.07 Å². The lowest BCUT2D eigenvalue weighted by atomic mass is 9.94. The van der Waals surface area contributed by atoms with E-state index in [2.05, 4.69) is 11.4 Å². The molecular weight excluding hydrogens is 178 g/mol. The van der Waals surface area contributed by atoms with E-state index in [0.29, 0.717) is 13.0 Å². The Hall–Kier alpha value is -1.08. The molecular formula is C10H19N3O. The monoisotopic (exact) mass is 197 g/mol. The number of nitrogens with one attached hydrogen (secondary N) is 1. The van der Waals surface area contributed by atoms with Crippen molar-refractivity contribution in [2.45, 2.75) is 39.7 Å². The third-order valence-electron chi connectivity index (χ3n) is 2.25. The number of amides is 1. The summed E-state index contributed by atoms with van der Waals surface area (Å²) in [5, 5.41) is 11.4. The largest absolute Gasteiger partial charge is 0.353 e. The predicted octanol–water partition coefficient (Wildman–Crippen LogP) is 0.780. The molecule has 0 fully saturated rings. The number of carbonyl (C=O) groups excluding carboxylic acids is 1. The molecule has 0 spiro atoms. The van der Waals surface area contributed by atoms with Crippen LogP contribution in [0.3, 0.4) is 0 Å². The van der Waals surface area contributed by atoms with E-state index < -0.39 is 11.0 Å². The quantitative estimate of drug-likeness (QED) is 0.699. The Morgan fingerprint density at radius 3 is 2.36 bits per heavy atom. The Morgan fingerprint density at radius 2 is 2.00 bits per heavy atom. The highest BCUT2D eigenvalue weighted by molar-refractivity contribution is 5.85. The predicted molar refractivity (Wildman–Crippen MR) is 55.3 cm³/mol. The van der Waals surface area contributed by atoms with E-state index in [1.807, 2.05) is 6.92 Å². The number of nitrogens with zero attached hydrogens (tertiary/aromatic N) is 1. The van der Waals surface area contributed by atoms with Gasteiger partial charge >= 0.3 is 0 Å². The summed E-state index contributed by atoms with van der Waals surface area (Å²) in [7, 11) is 0. The molecule has 1 unspecified atom stereocenters. The molecule has 0 aliphatic heterocycles. The second-order valence-electron chi connectivity index (χ2n) is 4.45. The van der Waals surface area contributed by atoms with Crippen molar-refractivity contribution >= 4 is 5.91 Å². The molecule has 0 saturated carbocycles. The average molecular weight is 197 g/mol. The lowest BCUT2D eigenvalue weighted by Crippen LogP contribution is -2.52. The maximum atomic E-state index is 11.5. The Morgan fingerprint density at radius 1 is 1.50 bits per heavy atom. The van der Waals surface area contributed by atoms with Crippen LogP contribution in [0.2, 0.25) is 0 Å². The van der Waals surface area contributed by atoms with E-state index in [0.717, 1.165) is 0 Å². The molecule has 0 radical (unpaired) electrons. The fourth-order valence-electron chi connectivity index (χ4n) is 0.703. The van der Waals surface area contributed by atoms with Gasteiger partial charge in [-0.05, 0) is 27.2 Å². The first-order chi connectivity index (χ1) is 6.25. The minimum absolute atomic E-state index is 0.205. The van der Waals surface area contributed by atoms with E-state index in [4.69, 9.17) is 11.0 Å². The SMILES string of the molecule is CCC(C)(N)C(=O)NCC(C)(C)C#N. The van der Waals surface area contributed by atoms with Gasteiger partial charge in [0.1, 0.15) is 0 Å². The van der Waals surface area contributed by atoms with Gasteiger partial charge in [0.15, 0.2) is 0 Å². The standard InChI is InChI=1S/C10H19N3O/c1-5-10(4,12)8(14)13-7-9(2,3)6-11/h5,7,12H2,1-4H3,(H,13,14). The maximum absolute atomic E-state index is 11.5. The topological polar surface area (TPSA) is 78.9 Å². The van der Waals surface area contributed by atoms with E-state index in [9.17, 15) is 4.79 Å². The zero-order valence-corrected chi connectivity index (χ0v) is 9.35. The molecule has 1 atom stereocenters. The van der Waals surface area contributed by atoms with Gasteiger partial charge in [0, 0.05) is 6.54 Å². The minimum Gasteiger partial charge on any atom is -0.353 e. The summed E-state index contributed by atoms with van der Waals surface area (Å²) >= 11 is 0. The van der Waals surface area contributed by atoms with Crippen LogP contribution < -0.4 is 11.1 Å². The Labute approximate surface area is 85.5 Å². The third kappa shape index (κ3) is 3.75. The molecule has 0 aromatic carbocycles. The van der Waals surface area contributed by atoms with Crippen LogP contribution in [0.4, 0.5) is 0 Å². The fourth-order valence-corrected chi connectivity index (χ4v) is 0.703. The lowest BCUT2D eigenvalue weighted by molar-refractivity contribution is -0.126. The Balaban J connectivity index is 4.19. The van der Waals surface area contributed by atoms with Crippen LogP contribution in [0.15, 0.2) is 0 Å². The van der Waals surface area contributed by atoms with Crippen LogP contribution in [-0.4, -0.2) is 18.0 Å². The molecule has 3 N–H and O–H groups in total. The second kappa shape index (κ2) is 4.43.